The Morgan fingerprint density at radius 3 is 2.68 bits per heavy atom. The monoisotopic (exact) mass is 444 g/mol. The second-order valence-electron chi connectivity index (χ2n) is 7.87. The fourth-order valence-electron chi connectivity index (χ4n) is 4.04. The maximum Gasteiger partial charge on any atom is 0.240 e. The van der Waals surface area contributed by atoms with Crippen LogP contribution in [-0.4, -0.2) is 34.1 Å². The van der Waals surface area contributed by atoms with Crippen molar-refractivity contribution in [3.05, 3.63) is 53.6 Å². The van der Waals surface area contributed by atoms with Gasteiger partial charge in [0, 0.05) is 19.0 Å². The van der Waals surface area contributed by atoms with Crippen molar-refractivity contribution in [1.29, 1.82) is 0 Å². The number of hydrogen-bond donors (Lipinski definition) is 2. The molecule has 1 heterocycles. The number of aryl methyl sites for hydroxylation is 1. The Balaban J connectivity index is 1.16. The largest absolute Gasteiger partial charge is 0.486 e. The molecule has 0 aromatic heterocycles. The molecule has 1 aliphatic carbocycles. The number of unbranched alkanes of at least 4 members (excludes halogenated alkanes) is 2. The van der Waals surface area contributed by atoms with Gasteiger partial charge in [-0.1, -0.05) is 30.7 Å². The van der Waals surface area contributed by atoms with Crippen LogP contribution in [0.3, 0.4) is 0 Å². The maximum atomic E-state index is 12.5. The summed E-state index contributed by atoms with van der Waals surface area (Å²) in [4.78, 5) is 12.4. The Labute approximate surface area is 183 Å². The molecule has 31 heavy (non-hydrogen) atoms. The number of benzene rings is 2. The highest BCUT2D eigenvalue weighted by Crippen LogP contribution is 2.32. The quantitative estimate of drug-likeness (QED) is 0.580. The summed E-state index contributed by atoms with van der Waals surface area (Å²) in [6, 6.07) is 13.0. The molecule has 2 aromatic carbocycles. The minimum absolute atomic E-state index is 0.0542. The van der Waals surface area contributed by atoms with Crippen LogP contribution in [-0.2, 0) is 21.2 Å². The van der Waals surface area contributed by atoms with Crippen LogP contribution in [0.1, 0.15) is 49.3 Å². The van der Waals surface area contributed by atoms with Crippen LogP contribution < -0.4 is 19.5 Å². The van der Waals surface area contributed by atoms with Crippen molar-refractivity contribution in [1.82, 2.24) is 10.0 Å². The van der Waals surface area contributed by atoms with Crippen LogP contribution in [0.2, 0.25) is 0 Å². The van der Waals surface area contributed by atoms with Gasteiger partial charge < -0.3 is 14.8 Å². The van der Waals surface area contributed by atoms with Gasteiger partial charge >= 0.3 is 0 Å². The SMILES string of the molecule is O=C(CCCCCNS(=O)(=O)c1ccc2c(c1)OCCO2)NC1CCc2ccccc21. The van der Waals surface area contributed by atoms with E-state index in [9.17, 15) is 13.2 Å². The van der Waals surface area contributed by atoms with E-state index in [0.29, 0.717) is 44.1 Å². The summed E-state index contributed by atoms with van der Waals surface area (Å²) in [7, 11) is -3.61. The number of ether oxygens (including phenoxy) is 2. The van der Waals surface area contributed by atoms with Crippen LogP contribution in [0, 0.1) is 0 Å². The Kier molecular flexibility index (Phi) is 6.77. The summed E-state index contributed by atoms with van der Waals surface area (Å²) in [5.41, 5.74) is 2.54. The van der Waals surface area contributed by atoms with E-state index in [4.69, 9.17) is 9.47 Å². The Morgan fingerprint density at radius 2 is 1.81 bits per heavy atom. The molecule has 1 amide bonds. The third-order valence-corrected chi connectivity index (χ3v) is 7.12. The van der Waals surface area contributed by atoms with Gasteiger partial charge in [-0.3, -0.25) is 4.79 Å². The summed E-state index contributed by atoms with van der Waals surface area (Å²) in [5.74, 6) is 1.06. The summed E-state index contributed by atoms with van der Waals surface area (Å²) < 4.78 is 38.5. The van der Waals surface area contributed by atoms with E-state index >= 15 is 0 Å². The maximum absolute atomic E-state index is 12.5. The molecule has 1 aliphatic heterocycles. The van der Waals surface area contributed by atoms with Gasteiger partial charge in [0.05, 0.1) is 10.9 Å². The van der Waals surface area contributed by atoms with Gasteiger partial charge in [0.2, 0.25) is 15.9 Å². The van der Waals surface area contributed by atoms with Crippen LogP contribution in [0.25, 0.3) is 0 Å². The smallest absolute Gasteiger partial charge is 0.240 e. The molecule has 8 heteroatoms. The molecule has 0 saturated carbocycles. The second-order valence-corrected chi connectivity index (χ2v) is 9.64. The average molecular weight is 445 g/mol. The van der Waals surface area contributed by atoms with Gasteiger partial charge in [-0.15, -0.1) is 0 Å². The van der Waals surface area contributed by atoms with Crippen molar-refractivity contribution in [2.45, 2.75) is 49.5 Å². The van der Waals surface area contributed by atoms with Gasteiger partial charge in [-0.05, 0) is 48.9 Å². The molecule has 0 fully saturated rings. The molecule has 2 aliphatic rings. The lowest BCUT2D eigenvalue weighted by molar-refractivity contribution is -0.121. The van der Waals surface area contributed by atoms with Crippen molar-refractivity contribution in [2.24, 2.45) is 0 Å². The Bertz CT molecular complexity index is 1040. The van der Waals surface area contributed by atoms with Gasteiger partial charge in [0.15, 0.2) is 11.5 Å². The third-order valence-electron chi connectivity index (χ3n) is 5.66. The van der Waals surface area contributed by atoms with Crippen molar-refractivity contribution in [2.75, 3.05) is 19.8 Å². The van der Waals surface area contributed by atoms with E-state index in [1.54, 1.807) is 6.07 Å². The minimum Gasteiger partial charge on any atom is -0.486 e. The predicted octanol–water partition coefficient (Wildman–Crippen LogP) is 3.10. The van der Waals surface area contributed by atoms with E-state index in [-0.39, 0.29) is 16.8 Å². The molecule has 1 unspecified atom stereocenters. The van der Waals surface area contributed by atoms with E-state index < -0.39 is 10.0 Å². The van der Waals surface area contributed by atoms with Gasteiger partial charge in [0.1, 0.15) is 13.2 Å². The predicted molar refractivity (Wildman–Crippen MR) is 117 cm³/mol. The number of carbonyl (C=O) groups excluding carboxylic acids is 1. The van der Waals surface area contributed by atoms with Crippen molar-refractivity contribution < 1.29 is 22.7 Å². The van der Waals surface area contributed by atoms with Crippen LogP contribution in [0.15, 0.2) is 47.4 Å². The third kappa shape index (κ3) is 5.37. The number of rotatable bonds is 9. The zero-order valence-corrected chi connectivity index (χ0v) is 18.2. The molecule has 2 N–H and O–H groups in total. The van der Waals surface area contributed by atoms with Crippen LogP contribution in [0.4, 0.5) is 0 Å². The fourth-order valence-corrected chi connectivity index (χ4v) is 5.13. The minimum atomic E-state index is -3.61. The molecule has 7 nitrogen and oxygen atoms in total. The molecule has 0 bridgehead atoms. The molecule has 0 spiro atoms. The average Bonchev–Trinajstić information content (AvgIpc) is 3.18. The molecule has 1 atom stereocenters. The first kappa shape index (κ1) is 21.6. The first-order valence-electron chi connectivity index (χ1n) is 10.8. The molecule has 166 valence electrons. The van der Waals surface area contributed by atoms with Crippen molar-refractivity contribution in [3.8, 4) is 11.5 Å². The molecule has 4 rings (SSSR count). The number of fused-ring (bicyclic) bond motifs is 2. The summed E-state index contributed by atoms with van der Waals surface area (Å²) >= 11 is 0. The zero-order valence-electron chi connectivity index (χ0n) is 17.4. The highest BCUT2D eigenvalue weighted by Gasteiger charge is 2.23. The molecule has 0 radical (unpaired) electrons. The summed E-state index contributed by atoms with van der Waals surface area (Å²) in [6.07, 6.45) is 4.58. The Hall–Kier alpha value is -2.58. The van der Waals surface area contributed by atoms with E-state index in [1.807, 2.05) is 12.1 Å². The topological polar surface area (TPSA) is 93.7 Å². The first-order chi connectivity index (χ1) is 15.0. The summed E-state index contributed by atoms with van der Waals surface area (Å²) in [6.45, 7) is 1.20. The lowest BCUT2D eigenvalue weighted by atomic mass is 10.1. The van der Waals surface area contributed by atoms with Crippen molar-refractivity contribution in [3.63, 3.8) is 0 Å². The standard InChI is InChI=1S/C23H28N2O5S/c26-23(25-20-11-9-17-6-3-4-7-19(17)20)8-2-1-5-13-24-31(27,28)18-10-12-21-22(16-18)30-15-14-29-21/h3-4,6-7,10,12,16,20,24H,1-2,5,8-9,11,13-15H2,(H,25,26). The lowest BCUT2D eigenvalue weighted by Gasteiger charge is -2.18. The highest BCUT2D eigenvalue weighted by molar-refractivity contribution is 7.89. The number of carbonyl (C=O) groups is 1. The molecule has 2 aromatic rings. The van der Waals surface area contributed by atoms with Gasteiger partial charge in [0.25, 0.3) is 0 Å². The van der Waals surface area contributed by atoms with E-state index in [0.717, 1.165) is 25.7 Å². The lowest BCUT2D eigenvalue weighted by Crippen LogP contribution is -2.27. The number of hydrogen-bond acceptors (Lipinski definition) is 5. The fraction of sp³-hybridized carbons (Fsp3) is 0.435. The van der Waals surface area contributed by atoms with E-state index in [2.05, 4.69) is 22.2 Å². The number of nitrogens with one attached hydrogen (secondary N) is 2. The van der Waals surface area contributed by atoms with Gasteiger partial charge in [-0.25, -0.2) is 13.1 Å². The summed E-state index contributed by atoms with van der Waals surface area (Å²) in [5, 5.41) is 3.12. The Morgan fingerprint density at radius 1 is 1.00 bits per heavy atom. The number of amides is 1. The van der Waals surface area contributed by atoms with Crippen LogP contribution >= 0.6 is 0 Å². The second kappa shape index (κ2) is 9.70. The number of sulfonamides is 1. The zero-order chi connectivity index (χ0) is 21.7. The highest BCUT2D eigenvalue weighted by atomic mass is 32.2. The molecule has 0 saturated heterocycles. The molecular formula is C23H28N2O5S. The first-order valence-corrected chi connectivity index (χ1v) is 12.3. The normalized spacial score (nSPS) is 17.2. The molecular weight excluding hydrogens is 416 g/mol. The van der Waals surface area contributed by atoms with Crippen molar-refractivity contribution >= 4 is 15.9 Å². The van der Waals surface area contributed by atoms with Gasteiger partial charge in [-0.2, -0.15) is 0 Å². The van der Waals surface area contributed by atoms with Crippen LogP contribution in [0.5, 0.6) is 11.5 Å². The van der Waals surface area contributed by atoms with E-state index in [1.165, 1.54) is 23.3 Å².